The predicted octanol–water partition coefficient (Wildman–Crippen LogP) is 2.41. The van der Waals surface area contributed by atoms with Crippen molar-refractivity contribution >= 4 is 23.3 Å². The number of hydrogen-bond acceptors (Lipinski definition) is 7. The van der Waals surface area contributed by atoms with E-state index in [-0.39, 0.29) is 53.3 Å². The van der Waals surface area contributed by atoms with Crippen LogP contribution in [0.2, 0.25) is 0 Å². The molecule has 9 heteroatoms. The summed E-state index contributed by atoms with van der Waals surface area (Å²) in [6.07, 6.45) is 4.72. The number of allylic oxidation sites excluding steroid dienone is 2. The largest absolute Gasteiger partial charge is 0.505 e. The zero-order chi connectivity index (χ0) is 24.4. The Hall–Kier alpha value is -3.88. The van der Waals surface area contributed by atoms with Crippen LogP contribution in [0.1, 0.15) is 42.6 Å². The highest BCUT2D eigenvalue weighted by Crippen LogP contribution is 2.32. The lowest BCUT2D eigenvalue weighted by molar-refractivity contribution is -0.121. The zero-order valence-electron chi connectivity index (χ0n) is 19.4. The molecule has 1 aromatic carbocycles. The van der Waals surface area contributed by atoms with E-state index in [2.05, 4.69) is 34.8 Å². The fraction of sp³-hybridized carbons (Fsp3) is 0.333. The summed E-state index contributed by atoms with van der Waals surface area (Å²) in [6, 6.07) is 8.31. The maximum Gasteiger partial charge on any atom is 0.257 e. The molecule has 0 radical (unpaired) electrons. The fourth-order valence-corrected chi connectivity index (χ4v) is 2.84. The van der Waals surface area contributed by atoms with Gasteiger partial charge in [-0.15, -0.1) is 0 Å². The SMILES string of the molecule is CCC.CN(C)C(=O)c1cccc(NC2=C(NCC(=O)NCc3ccncc3)CC2=O)c1O. The van der Waals surface area contributed by atoms with Gasteiger partial charge in [0, 0.05) is 38.7 Å². The summed E-state index contributed by atoms with van der Waals surface area (Å²) in [5.74, 6) is -0.968. The van der Waals surface area contributed by atoms with Gasteiger partial charge in [0.25, 0.3) is 5.91 Å². The van der Waals surface area contributed by atoms with E-state index in [4.69, 9.17) is 0 Å². The number of Topliss-reactive ketones (excluding diaryl/α,β-unsaturated/α-hetero) is 1. The van der Waals surface area contributed by atoms with Gasteiger partial charge in [0.2, 0.25) is 5.91 Å². The molecule has 9 nitrogen and oxygen atoms in total. The van der Waals surface area contributed by atoms with Gasteiger partial charge < -0.3 is 26.0 Å². The van der Waals surface area contributed by atoms with Crippen molar-refractivity contribution in [1.29, 1.82) is 0 Å². The van der Waals surface area contributed by atoms with E-state index in [1.54, 1.807) is 38.6 Å². The molecule has 4 N–H and O–H groups in total. The van der Waals surface area contributed by atoms with Gasteiger partial charge in [-0.2, -0.15) is 0 Å². The molecule has 0 saturated heterocycles. The van der Waals surface area contributed by atoms with Crippen molar-refractivity contribution in [2.75, 3.05) is 26.0 Å². The molecule has 0 bridgehead atoms. The van der Waals surface area contributed by atoms with E-state index in [0.717, 1.165) is 5.56 Å². The standard InChI is InChI=1S/C21H23N5O4.C3H8/c1-26(2)21(30)14-4-3-5-15(20(14)29)25-19-16(10-17(19)27)23-12-18(28)24-11-13-6-8-22-9-7-13;1-3-2/h3-9,23,25,29H,10-12H2,1-2H3,(H,24,28);3H2,1-2H3. The number of hydrogen-bond donors (Lipinski definition) is 4. The first-order valence-corrected chi connectivity index (χ1v) is 10.7. The van der Waals surface area contributed by atoms with E-state index in [0.29, 0.717) is 12.2 Å². The Morgan fingerprint density at radius 3 is 2.39 bits per heavy atom. The van der Waals surface area contributed by atoms with Gasteiger partial charge in [0.05, 0.1) is 24.2 Å². The first kappa shape index (κ1) is 25.4. The third-order valence-corrected chi connectivity index (χ3v) is 4.55. The van der Waals surface area contributed by atoms with Gasteiger partial charge in [-0.05, 0) is 29.8 Å². The van der Waals surface area contributed by atoms with Gasteiger partial charge in [-0.3, -0.25) is 19.4 Å². The van der Waals surface area contributed by atoms with Gasteiger partial charge in [0.1, 0.15) is 5.70 Å². The molecule has 0 unspecified atom stereocenters. The molecule has 1 aliphatic carbocycles. The smallest absolute Gasteiger partial charge is 0.257 e. The molecule has 0 aliphatic heterocycles. The number of nitrogens with one attached hydrogen (secondary N) is 3. The topological polar surface area (TPSA) is 124 Å². The second kappa shape index (κ2) is 12.2. The summed E-state index contributed by atoms with van der Waals surface area (Å²) in [7, 11) is 3.17. The van der Waals surface area contributed by atoms with Crippen molar-refractivity contribution in [2.45, 2.75) is 33.2 Å². The van der Waals surface area contributed by atoms with Gasteiger partial charge >= 0.3 is 0 Å². The van der Waals surface area contributed by atoms with E-state index in [1.165, 1.54) is 17.4 Å². The highest BCUT2D eigenvalue weighted by molar-refractivity contribution is 6.07. The summed E-state index contributed by atoms with van der Waals surface area (Å²) < 4.78 is 0. The Kier molecular flexibility index (Phi) is 9.41. The molecule has 0 spiro atoms. The Morgan fingerprint density at radius 2 is 1.79 bits per heavy atom. The highest BCUT2D eigenvalue weighted by Gasteiger charge is 2.29. The number of rotatable bonds is 8. The van der Waals surface area contributed by atoms with Crippen LogP contribution in [0.25, 0.3) is 0 Å². The monoisotopic (exact) mass is 453 g/mol. The first-order chi connectivity index (χ1) is 15.8. The average molecular weight is 454 g/mol. The van der Waals surface area contributed by atoms with E-state index >= 15 is 0 Å². The van der Waals surface area contributed by atoms with Crippen LogP contribution >= 0.6 is 0 Å². The molecular formula is C24H31N5O4. The summed E-state index contributed by atoms with van der Waals surface area (Å²) in [5.41, 5.74) is 2.14. The minimum absolute atomic E-state index is 0.00398. The van der Waals surface area contributed by atoms with Crippen LogP contribution in [0.3, 0.4) is 0 Å². The first-order valence-electron chi connectivity index (χ1n) is 10.7. The maximum absolute atomic E-state index is 12.2. The lowest BCUT2D eigenvalue weighted by Crippen LogP contribution is -2.38. The number of nitrogens with zero attached hydrogens (tertiary/aromatic N) is 2. The number of benzene rings is 1. The number of phenolic OH excluding ortho intramolecular Hbond substituents is 1. The highest BCUT2D eigenvalue weighted by atomic mass is 16.3. The molecule has 0 atom stereocenters. The number of aromatic nitrogens is 1. The van der Waals surface area contributed by atoms with Crippen molar-refractivity contribution in [3.8, 4) is 5.75 Å². The zero-order valence-corrected chi connectivity index (χ0v) is 19.4. The van der Waals surface area contributed by atoms with Crippen molar-refractivity contribution in [3.63, 3.8) is 0 Å². The molecule has 3 rings (SSSR count). The number of aromatic hydroxyl groups is 1. The van der Waals surface area contributed by atoms with Crippen LogP contribution in [-0.4, -0.2) is 53.2 Å². The second-order valence-electron chi connectivity index (χ2n) is 7.67. The lowest BCUT2D eigenvalue weighted by atomic mass is 9.98. The van der Waals surface area contributed by atoms with Gasteiger partial charge in [-0.1, -0.05) is 26.3 Å². The number of phenols is 1. The van der Waals surface area contributed by atoms with Gasteiger partial charge in [-0.25, -0.2) is 0 Å². The van der Waals surface area contributed by atoms with Crippen LogP contribution in [0.5, 0.6) is 5.75 Å². The minimum atomic E-state index is -0.353. The van der Waals surface area contributed by atoms with Crippen LogP contribution in [0.15, 0.2) is 54.1 Å². The number of pyridine rings is 1. The van der Waals surface area contributed by atoms with Crippen molar-refractivity contribution in [3.05, 3.63) is 65.2 Å². The Balaban J connectivity index is 0.00000122. The Bertz CT molecular complexity index is 1020. The number of anilines is 1. The number of carbonyl (C=O) groups is 3. The minimum Gasteiger partial charge on any atom is -0.505 e. The number of amides is 2. The van der Waals surface area contributed by atoms with E-state index in [1.807, 2.05) is 12.1 Å². The molecular weight excluding hydrogens is 422 g/mol. The van der Waals surface area contributed by atoms with Crippen molar-refractivity contribution < 1.29 is 19.5 Å². The predicted molar refractivity (Wildman–Crippen MR) is 126 cm³/mol. The maximum atomic E-state index is 12.2. The molecule has 33 heavy (non-hydrogen) atoms. The normalized spacial score (nSPS) is 12.2. The molecule has 0 saturated carbocycles. The molecule has 1 aromatic heterocycles. The quantitative estimate of drug-likeness (QED) is 0.453. The van der Waals surface area contributed by atoms with E-state index < -0.39 is 0 Å². The Labute approximate surface area is 193 Å². The third kappa shape index (κ3) is 7.06. The molecule has 1 aliphatic rings. The summed E-state index contributed by atoms with van der Waals surface area (Å²) >= 11 is 0. The number of ketones is 1. The Morgan fingerprint density at radius 1 is 1.12 bits per heavy atom. The summed E-state index contributed by atoms with van der Waals surface area (Å²) in [5, 5.41) is 19.0. The summed E-state index contributed by atoms with van der Waals surface area (Å²) in [6.45, 7) is 4.64. The van der Waals surface area contributed by atoms with Crippen LogP contribution in [0, 0.1) is 0 Å². The second-order valence-corrected chi connectivity index (χ2v) is 7.67. The van der Waals surface area contributed by atoms with Crippen molar-refractivity contribution in [1.82, 2.24) is 20.5 Å². The van der Waals surface area contributed by atoms with Crippen molar-refractivity contribution in [2.24, 2.45) is 0 Å². The molecule has 1 heterocycles. The molecule has 2 aromatic rings. The van der Waals surface area contributed by atoms with E-state index in [9.17, 15) is 19.5 Å². The lowest BCUT2D eigenvalue weighted by Gasteiger charge is -2.25. The third-order valence-electron chi connectivity index (χ3n) is 4.55. The fourth-order valence-electron chi connectivity index (χ4n) is 2.84. The van der Waals surface area contributed by atoms with Crippen LogP contribution < -0.4 is 16.0 Å². The number of para-hydroxylation sites is 1. The summed E-state index contributed by atoms with van der Waals surface area (Å²) in [4.78, 5) is 41.5. The molecule has 0 fully saturated rings. The van der Waals surface area contributed by atoms with Gasteiger partial charge in [0.15, 0.2) is 11.5 Å². The number of carbonyl (C=O) groups excluding carboxylic acids is 3. The van der Waals surface area contributed by atoms with Crippen LogP contribution in [0.4, 0.5) is 5.69 Å². The van der Waals surface area contributed by atoms with Crippen LogP contribution in [-0.2, 0) is 16.1 Å². The average Bonchev–Trinajstić information content (AvgIpc) is 2.80. The molecule has 176 valence electrons. The molecule has 2 amide bonds.